The number of ether oxygens (including phenoxy) is 2. The van der Waals surface area contributed by atoms with Gasteiger partial charge in [-0.25, -0.2) is 9.97 Å². The van der Waals surface area contributed by atoms with Crippen molar-refractivity contribution in [2.24, 2.45) is 0 Å². The molecule has 0 aliphatic rings. The van der Waals surface area contributed by atoms with Crippen molar-refractivity contribution in [1.82, 2.24) is 24.7 Å². The Labute approximate surface area is 220 Å². The lowest BCUT2D eigenvalue weighted by Gasteiger charge is -2.20. The molecule has 0 aliphatic heterocycles. The molecule has 9 nitrogen and oxygen atoms in total. The van der Waals surface area contributed by atoms with Gasteiger partial charge in [0.1, 0.15) is 17.5 Å². The molecule has 9 heteroatoms. The zero-order chi connectivity index (χ0) is 26.8. The van der Waals surface area contributed by atoms with E-state index in [4.69, 9.17) is 9.47 Å². The number of nitrogens with one attached hydrogen (secondary N) is 2. The number of hydrogen-bond acceptors (Lipinski definition) is 7. The van der Waals surface area contributed by atoms with Crippen molar-refractivity contribution in [3.63, 3.8) is 0 Å². The molecule has 1 unspecified atom stereocenters. The van der Waals surface area contributed by atoms with E-state index in [0.29, 0.717) is 17.1 Å². The summed E-state index contributed by atoms with van der Waals surface area (Å²) in [4.78, 5) is 12.2. The number of imidazole rings is 1. The fourth-order valence-corrected chi connectivity index (χ4v) is 4.48. The second-order valence-electron chi connectivity index (χ2n) is 9.05. The highest BCUT2D eigenvalue weighted by Gasteiger charge is 2.18. The molecule has 0 spiro atoms. The molecular weight excluding hydrogens is 480 g/mol. The number of H-pyrrole nitrogens is 1. The summed E-state index contributed by atoms with van der Waals surface area (Å²) in [6.45, 7) is 3.86. The number of aromatic amines is 1. The Morgan fingerprint density at radius 2 is 1.95 bits per heavy atom. The van der Waals surface area contributed by atoms with Crippen molar-refractivity contribution < 1.29 is 14.6 Å². The molecule has 0 aliphatic carbocycles. The van der Waals surface area contributed by atoms with E-state index < -0.39 is 6.23 Å². The van der Waals surface area contributed by atoms with E-state index in [1.54, 1.807) is 26.5 Å². The molecule has 3 N–H and O–H groups in total. The number of hydrogen-bond donors (Lipinski definition) is 3. The van der Waals surface area contributed by atoms with Crippen molar-refractivity contribution in [1.29, 1.82) is 5.26 Å². The van der Waals surface area contributed by atoms with Gasteiger partial charge < -0.3 is 24.0 Å². The highest BCUT2D eigenvalue weighted by molar-refractivity contribution is 5.90. The number of aryl methyl sites for hydroxylation is 1. The van der Waals surface area contributed by atoms with Gasteiger partial charge in [-0.15, -0.1) is 0 Å². The molecule has 1 aromatic carbocycles. The highest BCUT2D eigenvalue weighted by Crippen LogP contribution is 2.31. The first kappa shape index (κ1) is 25.0. The zero-order valence-electron chi connectivity index (χ0n) is 21.6. The summed E-state index contributed by atoms with van der Waals surface area (Å²) in [5.74, 6) is 1.21. The number of nitrogens with zero attached hydrogens (tertiary/aromatic N) is 4. The normalized spacial score (nSPS) is 13.4. The number of rotatable bonds is 8. The van der Waals surface area contributed by atoms with Crippen LogP contribution in [0.1, 0.15) is 29.8 Å². The maximum absolute atomic E-state index is 10.9. The average molecular weight is 509 g/mol. The molecule has 0 saturated heterocycles. The number of aromatic nitrogens is 4. The Morgan fingerprint density at radius 3 is 2.71 bits per heavy atom. The van der Waals surface area contributed by atoms with Crippen LogP contribution in [-0.4, -0.2) is 44.9 Å². The summed E-state index contributed by atoms with van der Waals surface area (Å²) in [6, 6.07) is 13.4. The molecule has 5 aromatic rings. The van der Waals surface area contributed by atoms with Crippen LogP contribution >= 0.6 is 0 Å². The summed E-state index contributed by atoms with van der Waals surface area (Å²) < 4.78 is 12.7. The molecule has 2 atom stereocenters. The molecule has 0 fully saturated rings. The van der Waals surface area contributed by atoms with E-state index in [1.165, 1.54) is 0 Å². The fraction of sp³-hybridized carbons (Fsp3) is 0.207. The molecular formula is C29H28N6O3. The smallest absolute Gasteiger partial charge is 0.161 e. The van der Waals surface area contributed by atoms with Crippen LogP contribution < -0.4 is 14.8 Å². The minimum Gasteiger partial charge on any atom is -0.493 e. The van der Waals surface area contributed by atoms with E-state index >= 15 is 0 Å². The molecule has 4 aromatic heterocycles. The lowest BCUT2D eigenvalue weighted by Crippen LogP contribution is -2.32. The van der Waals surface area contributed by atoms with Crippen LogP contribution in [0.4, 0.5) is 0 Å². The van der Waals surface area contributed by atoms with Gasteiger partial charge in [0, 0.05) is 52.9 Å². The van der Waals surface area contributed by atoms with E-state index in [1.807, 2.05) is 73.2 Å². The predicted octanol–water partition coefficient (Wildman–Crippen LogP) is 4.78. The summed E-state index contributed by atoms with van der Waals surface area (Å²) in [5.41, 5.74) is 6.26. The van der Waals surface area contributed by atoms with Gasteiger partial charge in [-0.1, -0.05) is 6.07 Å². The summed E-state index contributed by atoms with van der Waals surface area (Å²) >= 11 is 0. The minimum atomic E-state index is -1.18. The topological polar surface area (TPSA) is 120 Å². The average Bonchev–Trinajstić information content (AvgIpc) is 3.52. The Hall–Kier alpha value is -4.65. The molecule has 0 radical (unpaired) electrons. The molecule has 0 bridgehead atoms. The number of pyridine rings is 2. The molecule has 0 saturated carbocycles. The van der Waals surface area contributed by atoms with Crippen molar-refractivity contribution in [3.8, 4) is 28.7 Å². The van der Waals surface area contributed by atoms with E-state index in [2.05, 4.69) is 26.3 Å². The molecule has 5 rings (SSSR count). The van der Waals surface area contributed by atoms with Gasteiger partial charge in [0.15, 0.2) is 11.5 Å². The third-order valence-electron chi connectivity index (χ3n) is 6.52. The number of benzene rings is 1. The van der Waals surface area contributed by atoms with Crippen LogP contribution in [0.25, 0.3) is 33.9 Å². The number of nitriles is 1. The SMILES string of the molecule is COc1ccc([C@@H](C)NC(O)/C(C#N)=C/c2c[nH]c3ncc(-c4ccc5nc(C)cn5c4)cc23)cc1OC. The summed E-state index contributed by atoms with van der Waals surface area (Å²) in [6.07, 6.45) is 8.08. The summed E-state index contributed by atoms with van der Waals surface area (Å²) in [5, 5.41) is 24.7. The van der Waals surface area contributed by atoms with Gasteiger partial charge in [0.05, 0.1) is 31.6 Å². The standard InChI is InChI=1S/C29H28N6O3/c1-17-15-35-16-20(6-8-27(35)33-17)22-10-24-23(14-32-28(24)31-13-22)9-21(12-30)29(36)34-18(2)19-5-7-25(37-3)26(11-19)38-4/h5-11,13-16,18,29,34,36H,1-4H3,(H,31,32)/b21-9+/t18-,29?/m1/s1. The van der Waals surface area contributed by atoms with Gasteiger partial charge in [-0.05, 0) is 55.8 Å². The molecule has 192 valence electrons. The van der Waals surface area contributed by atoms with E-state index in [0.717, 1.165) is 39.0 Å². The largest absolute Gasteiger partial charge is 0.493 e. The monoisotopic (exact) mass is 508 g/mol. The maximum Gasteiger partial charge on any atom is 0.161 e. The van der Waals surface area contributed by atoms with Crippen LogP contribution in [0.15, 0.2) is 66.8 Å². The predicted molar refractivity (Wildman–Crippen MR) is 146 cm³/mol. The van der Waals surface area contributed by atoms with E-state index in [-0.39, 0.29) is 11.6 Å². The number of aliphatic hydroxyl groups excluding tert-OH is 1. The third-order valence-corrected chi connectivity index (χ3v) is 6.52. The molecule has 38 heavy (non-hydrogen) atoms. The van der Waals surface area contributed by atoms with Gasteiger partial charge >= 0.3 is 0 Å². The second kappa shape index (κ2) is 10.4. The first-order valence-corrected chi connectivity index (χ1v) is 12.1. The second-order valence-corrected chi connectivity index (χ2v) is 9.05. The minimum absolute atomic E-state index is 0.180. The van der Waals surface area contributed by atoms with Crippen LogP contribution in [0.3, 0.4) is 0 Å². The lowest BCUT2D eigenvalue weighted by atomic mass is 10.0. The van der Waals surface area contributed by atoms with Crippen molar-refractivity contribution in [3.05, 3.63) is 83.6 Å². The van der Waals surface area contributed by atoms with Crippen molar-refractivity contribution in [2.75, 3.05) is 14.2 Å². The fourth-order valence-electron chi connectivity index (χ4n) is 4.48. The molecule has 4 heterocycles. The Balaban J connectivity index is 1.41. The first-order valence-electron chi connectivity index (χ1n) is 12.1. The zero-order valence-corrected chi connectivity index (χ0v) is 21.6. The lowest BCUT2D eigenvalue weighted by molar-refractivity contribution is 0.164. The molecule has 0 amide bonds. The number of methoxy groups -OCH3 is 2. The van der Waals surface area contributed by atoms with Gasteiger partial charge in [-0.3, -0.25) is 5.32 Å². The summed E-state index contributed by atoms with van der Waals surface area (Å²) in [7, 11) is 3.15. The Morgan fingerprint density at radius 1 is 1.13 bits per heavy atom. The van der Waals surface area contributed by atoms with Crippen molar-refractivity contribution in [2.45, 2.75) is 26.1 Å². The first-order chi connectivity index (χ1) is 18.4. The van der Waals surface area contributed by atoms with Gasteiger partial charge in [0.25, 0.3) is 0 Å². The highest BCUT2D eigenvalue weighted by atomic mass is 16.5. The van der Waals surface area contributed by atoms with Crippen LogP contribution in [0.5, 0.6) is 11.5 Å². The van der Waals surface area contributed by atoms with Crippen LogP contribution in [0, 0.1) is 18.3 Å². The Bertz CT molecular complexity index is 1690. The maximum atomic E-state index is 10.9. The quantitative estimate of drug-likeness (QED) is 0.204. The van der Waals surface area contributed by atoms with Crippen molar-refractivity contribution >= 4 is 22.8 Å². The van der Waals surface area contributed by atoms with Gasteiger partial charge in [-0.2, -0.15) is 5.26 Å². The third kappa shape index (κ3) is 4.83. The number of fused-ring (bicyclic) bond motifs is 2. The van der Waals surface area contributed by atoms with Crippen LogP contribution in [0.2, 0.25) is 0 Å². The Kier molecular flexibility index (Phi) is 6.83. The van der Waals surface area contributed by atoms with E-state index in [9.17, 15) is 10.4 Å². The van der Waals surface area contributed by atoms with Crippen LogP contribution in [-0.2, 0) is 0 Å². The van der Waals surface area contributed by atoms with Gasteiger partial charge in [0.2, 0.25) is 0 Å². The number of aliphatic hydroxyl groups is 1.